The highest BCUT2D eigenvalue weighted by Gasteiger charge is 2.10. The van der Waals surface area contributed by atoms with Gasteiger partial charge in [-0.15, -0.1) is 12.4 Å². The van der Waals surface area contributed by atoms with Crippen molar-refractivity contribution in [1.82, 2.24) is 4.98 Å². The molecule has 23 heavy (non-hydrogen) atoms. The van der Waals surface area contributed by atoms with Gasteiger partial charge in [-0.2, -0.15) is 0 Å². The van der Waals surface area contributed by atoms with Gasteiger partial charge in [0.25, 0.3) is 5.91 Å². The number of carbonyl (C=O) groups is 1. The highest BCUT2D eigenvalue weighted by Crippen LogP contribution is 2.21. The van der Waals surface area contributed by atoms with Crippen LogP contribution in [0.5, 0.6) is 0 Å². The van der Waals surface area contributed by atoms with Crippen molar-refractivity contribution in [2.45, 2.75) is 39.5 Å². The minimum atomic E-state index is -0.214. The van der Waals surface area contributed by atoms with Crippen molar-refractivity contribution in [3.05, 3.63) is 53.3 Å². The second-order valence-corrected chi connectivity index (χ2v) is 5.48. The molecule has 1 aromatic heterocycles. The molecule has 0 atom stereocenters. The van der Waals surface area contributed by atoms with Crippen molar-refractivity contribution in [2.24, 2.45) is 0 Å². The van der Waals surface area contributed by atoms with Crippen LogP contribution in [0.3, 0.4) is 0 Å². The molecule has 1 amide bonds. The van der Waals surface area contributed by atoms with Crippen LogP contribution in [0, 0.1) is 6.92 Å². The van der Waals surface area contributed by atoms with Crippen LogP contribution in [-0.4, -0.2) is 10.9 Å². The Morgan fingerprint density at radius 2 is 2.00 bits per heavy atom. The topological polar surface area (TPSA) is 68.0 Å². The van der Waals surface area contributed by atoms with Gasteiger partial charge in [0.2, 0.25) is 0 Å². The fourth-order valence-electron chi connectivity index (χ4n) is 2.26. The van der Waals surface area contributed by atoms with Crippen LogP contribution in [0.2, 0.25) is 0 Å². The highest BCUT2D eigenvalue weighted by atomic mass is 35.5. The van der Waals surface area contributed by atoms with Gasteiger partial charge >= 0.3 is 0 Å². The first-order valence-corrected chi connectivity index (χ1v) is 7.73. The molecule has 2 aromatic rings. The van der Waals surface area contributed by atoms with Crippen LogP contribution in [0.4, 0.5) is 11.4 Å². The standard InChI is InChI=1S/C18H23N3O.ClH/c1-3-4-5-7-14-10-11-17(20-12-14)18(22)21-16-9-6-8-15(19)13(16)2;/h6,8-12H,3-5,7,19H2,1-2H3,(H,21,22);1H. The molecule has 0 saturated carbocycles. The zero-order valence-electron chi connectivity index (χ0n) is 13.6. The van der Waals surface area contributed by atoms with E-state index in [0.29, 0.717) is 11.4 Å². The zero-order chi connectivity index (χ0) is 15.9. The van der Waals surface area contributed by atoms with Crippen molar-refractivity contribution >= 4 is 29.7 Å². The molecule has 1 aromatic carbocycles. The highest BCUT2D eigenvalue weighted by molar-refractivity contribution is 6.03. The van der Waals surface area contributed by atoms with Crippen molar-refractivity contribution in [1.29, 1.82) is 0 Å². The molecule has 0 bridgehead atoms. The Hall–Kier alpha value is -2.07. The Balaban J connectivity index is 0.00000264. The van der Waals surface area contributed by atoms with E-state index in [1.54, 1.807) is 12.3 Å². The molecule has 124 valence electrons. The van der Waals surface area contributed by atoms with Gasteiger partial charge in [0.15, 0.2) is 0 Å². The number of hydrogen-bond acceptors (Lipinski definition) is 3. The van der Waals surface area contributed by atoms with Crippen molar-refractivity contribution in [3.8, 4) is 0 Å². The summed E-state index contributed by atoms with van der Waals surface area (Å²) in [5.74, 6) is -0.214. The quantitative estimate of drug-likeness (QED) is 0.609. The molecular formula is C18H24ClN3O. The van der Waals surface area contributed by atoms with Gasteiger partial charge in [-0.3, -0.25) is 9.78 Å². The molecule has 0 aliphatic rings. The fourth-order valence-corrected chi connectivity index (χ4v) is 2.26. The first kappa shape index (κ1) is 19.0. The predicted octanol–water partition coefficient (Wildman–Crippen LogP) is 4.38. The van der Waals surface area contributed by atoms with Gasteiger partial charge in [-0.25, -0.2) is 0 Å². The second kappa shape index (κ2) is 9.16. The summed E-state index contributed by atoms with van der Waals surface area (Å²) in [6.07, 6.45) is 6.38. The lowest BCUT2D eigenvalue weighted by Gasteiger charge is -2.10. The van der Waals surface area contributed by atoms with E-state index in [2.05, 4.69) is 17.2 Å². The minimum absolute atomic E-state index is 0. The van der Waals surface area contributed by atoms with E-state index in [1.807, 2.05) is 31.2 Å². The van der Waals surface area contributed by atoms with Crippen LogP contribution in [0.25, 0.3) is 0 Å². The van der Waals surface area contributed by atoms with Crippen LogP contribution in [0.1, 0.15) is 47.8 Å². The average Bonchev–Trinajstić information content (AvgIpc) is 2.53. The van der Waals surface area contributed by atoms with E-state index in [4.69, 9.17) is 5.73 Å². The predicted molar refractivity (Wildman–Crippen MR) is 98.3 cm³/mol. The number of amides is 1. The van der Waals surface area contributed by atoms with E-state index < -0.39 is 0 Å². The van der Waals surface area contributed by atoms with Crippen LogP contribution >= 0.6 is 12.4 Å². The summed E-state index contributed by atoms with van der Waals surface area (Å²) < 4.78 is 0. The second-order valence-electron chi connectivity index (χ2n) is 5.48. The largest absolute Gasteiger partial charge is 0.398 e. The molecule has 0 aliphatic heterocycles. The summed E-state index contributed by atoms with van der Waals surface area (Å²) in [5.41, 5.74) is 9.69. The summed E-state index contributed by atoms with van der Waals surface area (Å²) >= 11 is 0. The number of nitrogen functional groups attached to an aromatic ring is 1. The number of hydrogen-bond donors (Lipinski definition) is 2. The smallest absolute Gasteiger partial charge is 0.274 e. The lowest BCUT2D eigenvalue weighted by molar-refractivity contribution is 0.102. The molecule has 0 radical (unpaired) electrons. The Bertz CT molecular complexity index is 641. The molecule has 0 unspecified atom stereocenters. The molecule has 5 heteroatoms. The number of nitrogens with zero attached hydrogens (tertiary/aromatic N) is 1. The van der Waals surface area contributed by atoms with Gasteiger partial charge in [0.1, 0.15) is 5.69 Å². The van der Waals surface area contributed by atoms with E-state index in [9.17, 15) is 4.79 Å². The fraction of sp³-hybridized carbons (Fsp3) is 0.333. The number of pyridine rings is 1. The molecule has 0 fully saturated rings. The number of aryl methyl sites for hydroxylation is 1. The lowest BCUT2D eigenvalue weighted by atomic mass is 10.1. The SMILES string of the molecule is CCCCCc1ccc(C(=O)Nc2cccc(N)c2C)nc1.Cl. The van der Waals surface area contributed by atoms with Gasteiger partial charge in [-0.05, 0) is 49.1 Å². The van der Waals surface area contributed by atoms with E-state index in [0.717, 1.165) is 24.1 Å². The maximum atomic E-state index is 12.2. The Morgan fingerprint density at radius 3 is 2.65 bits per heavy atom. The van der Waals surface area contributed by atoms with Gasteiger partial charge in [-0.1, -0.05) is 31.9 Å². The number of aromatic nitrogens is 1. The maximum Gasteiger partial charge on any atom is 0.274 e. The first-order chi connectivity index (χ1) is 10.6. The lowest BCUT2D eigenvalue weighted by Crippen LogP contribution is -2.14. The Morgan fingerprint density at radius 1 is 1.22 bits per heavy atom. The molecule has 0 spiro atoms. The maximum absolute atomic E-state index is 12.2. The summed E-state index contributed by atoms with van der Waals surface area (Å²) in [6.45, 7) is 4.07. The number of nitrogens with one attached hydrogen (secondary N) is 1. The molecule has 1 heterocycles. The number of halogens is 1. The van der Waals surface area contributed by atoms with E-state index in [1.165, 1.54) is 18.4 Å². The van der Waals surface area contributed by atoms with E-state index in [-0.39, 0.29) is 18.3 Å². The Kier molecular flexibility index (Phi) is 7.55. The summed E-state index contributed by atoms with van der Waals surface area (Å²) in [6, 6.07) is 9.22. The minimum Gasteiger partial charge on any atom is -0.398 e. The number of anilines is 2. The first-order valence-electron chi connectivity index (χ1n) is 7.73. The number of carbonyl (C=O) groups excluding carboxylic acids is 1. The third-order valence-electron chi connectivity index (χ3n) is 3.75. The van der Waals surface area contributed by atoms with Crippen molar-refractivity contribution in [2.75, 3.05) is 11.1 Å². The van der Waals surface area contributed by atoms with Gasteiger partial charge < -0.3 is 11.1 Å². The molecule has 0 aliphatic carbocycles. The molecular weight excluding hydrogens is 310 g/mol. The summed E-state index contributed by atoms with van der Waals surface area (Å²) in [4.78, 5) is 16.5. The number of benzene rings is 1. The van der Waals surface area contributed by atoms with E-state index >= 15 is 0 Å². The normalized spacial score (nSPS) is 10.0. The summed E-state index contributed by atoms with van der Waals surface area (Å²) in [7, 11) is 0. The third kappa shape index (κ3) is 5.25. The number of unbranched alkanes of at least 4 members (excludes halogenated alkanes) is 2. The Labute approximate surface area is 143 Å². The number of rotatable bonds is 6. The molecule has 4 nitrogen and oxygen atoms in total. The monoisotopic (exact) mass is 333 g/mol. The average molecular weight is 334 g/mol. The third-order valence-corrected chi connectivity index (χ3v) is 3.75. The molecule has 3 N–H and O–H groups in total. The van der Waals surface area contributed by atoms with Crippen molar-refractivity contribution in [3.63, 3.8) is 0 Å². The van der Waals surface area contributed by atoms with Crippen LogP contribution in [-0.2, 0) is 6.42 Å². The molecule has 2 rings (SSSR count). The van der Waals surface area contributed by atoms with Gasteiger partial charge in [0, 0.05) is 17.6 Å². The summed E-state index contributed by atoms with van der Waals surface area (Å²) in [5, 5.41) is 2.86. The molecule has 0 saturated heterocycles. The zero-order valence-corrected chi connectivity index (χ0v) is 14.5. The van der Waals surface area contributed by atoms with Crippen molar-refractivity contribution < 1.29 is 4.79 Å². The van der Waals surface area contributed by atoms with Crippen LogP contribution in [0.15, 0.2) is 36.5 Å². The number of nitrogens with two attached hydrogens (primary N) is 1. The van der Waals surface area contributed by atoms with Crippen LogP contribution < -0.4 is 11.1 Å². The van der Waals surface area contributed by atoms with Gasteiger partial charge in [0.05, 0.1) is 0 Å².